The summed E-state index contributed by atoms with van der Waals surface area (Å²) >= 11 is 1.27. The number of anilines is 1. The number of hydrogen-bond acceptors (Lipinski definition) is 6. The molecular weight excluding hydrogens is 362 g/mol. The van der Waals surface area contributed by atoms with Gasteiger partial charge in [0.2, 0.25) is 5.91 Å². The first-order chi connectivity index (χ1) is 13.2. The Morgan fingerprint density at radius 2 is 1.81 bits per heavy atom. The second-order valence-electron chi connectivity index (χ2n) is 6.59. The van der Waals surface area contributed by atoms with Crippen molar-refractivity contribution in [2.24, 2.45) is 0 Å². The van der Waals surface area contributed by atoms with E-state index >= 15 is 0 Å². The Hall–Kier alpha value is -2.22. The number of esters is 1. The molecule has 2 aromatic rings. The number of ether oxygens (including phenoxy) is 1. The Morgan fingerprint density at radius 3 is 2.59 bits per heavy atom. The van der Waals surface area contributed by atoms with Crippen LogP contribution < -0.4 is 5.32 Å². The van der Waals surface area contributed by atoms with Crippen LogP contribution in [0, 0.1) is 0 Å². The summed E-state index contributed by atoms with van der Waals surface area (Å²) < 4.78 is 4.75. The molecule has 2 heterocycles. The molecule has 0 atom stereocenters. The Kier molecular flexibility index (Phi) is 6.98. The smallest absolute Gasteiger partial charge is 0.350 e. The van der Waals surface area contributed by atoms with Crippen molar-refractivity contribution < 1.29 is 14.3 Å². The molecule has 1 N–H and O–H groups in total. The maximum Gasteiger partial charge on any atom is 0.350 e. The molecule has 0 unspecified atom stereocenters. The van der Waals surface area contributed by atoms with E-state index in [1.165, 1.54) is 24.0 Å². The Labute approximate surface area is 163 Å². The maximum atomic E-state index is 12.4. The first kappa shape index (κ1) is 19.5. The number of methoxy groups -OCH3 is 1. The van der Waals surface area contributed by atoms with Crippen molar-refractivity contribution in [2.75, 3.05) is 45.2 Å². The molecule has 27 heavy (non-hydrogen) atoms. The summed E-state index contributed by atoms with van der Waals surface area (Å²) in [5, 5.41) is 4.61. The van der Waals surface area contributed by atoms with Gasteiger partial charge in [-0.15, -0.1) is 11.3 Å². The standard InChI is InChI=1S/C20H25N3O3S/c1-26-20(25)19-17(8-13-27-19)21-18(24)15-23-10-5-9-22(11-12-23)14-16-6-3-2-4-7-16/h2-4,6-8,13H,5,9-12,14-15H2,1H3,(H,21,24). The van der Waals surface area contributed by atoms with Crippen LogP contribution in [0.5, 0.6) is 0 Å². The van der Waals surface area contributed by atoms with E-state index in [4.69, 9.17) is 4.74 Å². The third-order valence-corrected chi connectivity index (χ3v) is 5.50. The topological polar surface area (TPSA) is 61.9 Å². The lowest BCUT2D eigenvalue weighted by molar-refractivity contribution is -0.117. The molecule has 1 fully saturated rings. The number of thiophene rings is 1. The molecule has 0 bridgehead atoms. The fourth-order valence-corrected chi connectivity index (χ4v) is 4.00. The normalized spacial score (nSPS) is 15.9. The van der Waals surface area contributed by atoms with Gasteiger partial charge in [-0.05, 0) is 36.5 Å². The number of rotatable bonds is 6. The molecule has 1 saturated heterocycles. The molecule has 1 aromatic carbocycles. The molecule has 6 nitrogen and oxygen atoms in total. The molecule has 3 rings (SSSR count). The minimum absolute atomic E-state index is 0.102. The number of carbonyl (C=O) groups excluding carboxylic acids is 2. The van der Waals surface area contributed by atoms with E-state index in [-0.39, 0.29) is 5.91 Å². The highest BCUT2D eigenvalue weighted by molar-refractivity contribution is 7.12. The minimum atomic E-state index is -0.424. The number of nitrogens with zero attached hydrogens (tertiary/aromatic N) is 2. The zero-order valence-corrected chi connectivity index (χ0v) is 16.3. The molecule has 1 aliphatic rings. The van der Waals surface area contributed by atoms with Crippen LogP contribution in [0.1, 0.15) is 21.7 Å². The van der Waals surface area contributed by atoms with Gasteiger partial charge in [0.15, 0.2) is 0 Å². The van der Waals surface area contributed by atoms with Crippen molar-refractivity contribution in [3.8, 4) is 0 Å². The summed E-state index contributed by atoms with van der Waals surface area (Å²) in [5.41, 5.74) is 1.84. The van der Waals surface area contributed by atoms with E-state index in [0.29, 0.717) is 17.1 Å². The highest BCUT2D eigenvalue weighted by Crippen LogP contribution is 2.23. The lowest BCUT2D eigenvalue weighted by Crippen LogP contribution is -2.36. The number of nitrogens with one attached hydrogen (secondary N) is 1. The quantitative estimate of drug-likeness (QED) is 0.772. The van der Waals surface area contributed by atoms with Gasteiger partial charge < -0.3 is 10.1 Å². The number of amides is 1. The lowest BCUT2D eigenvalue weighted by Gasteiger charge is -2.21. The van der Waals surface area contributed by atoms with E-state index in [9.17, 15) is 9.59 Å². The molecule has 0 aliphatic carbocycles. The molecule has 0 spiro atoms. The Bertz CT molecular complexity index is 763. The molecule has 7 heteroatoms. The zero-order chi connectivity index (χ0) is 19.1. The summed E-state index contributed by atoms with van der Waals surface area (Å²) in [7, 11) is 1.34. The summed E-state index contributed by atoms with van der Waals surface area (Å²) in [4.78, 5) is 29.2. The van der Waals surface area contributed by atoms with Crippen molar-refractivity contribution in [3.63, 3.8) is 0 Å². The number of carbonyl (C=O) groups is 2. The molecule has 144 valence electrons. The van der Waals surface area contributed by atoms with Gasteiger partial charge in [0.25, 0.3) is 0 Å². The SMILES string of the molecule is COC(=O)c1sccc1NC(=O)CN1CCCN(Cc2ccccc2)CC1. The predicted octanol–water partition coefficient (Wildman–Crippen LogP) is 2.68. The van der Waals surface area contributed by atoms with E-state index in [1.54, 1.807) is 11.4 Å². The van der Waals surface area contributed by atoms with E-state index in [0.717, 1.165) is 39.1 Å². The molecular formula is C20H25N3O3S. The van der Waals surface area contributed by atoms with Gasteiger partial charge in [-0.25, -0.2) is 4.79 Å². The average molecular weight is 388 g/mol. The van der Waals surface area contributed by atoms with Gasteiger partial charge in [0, 0.05) is 19.6 Å². The van der Waals surface area contributed by atoms with E-state index < -0.39 is 5.97 Å². The van der Waals surface area contributed by atoms with E-state index in [2.05, 4.69) is 39.4 Å². The predicted molar refractivity (Wildman–Crippen MR) is 107 cm³/mol. The van der Waals surface area contributed by atoms with Crippen LogP contribution >= 0.6 is 11.3 Å². The molecule has 1 amide bonds. The molecule has 1 aliphatic heterocycles. The summed E-state index contributed by atoms with van der Waals surface area (Å²) in [6.45, 7) is 4.99. The van der Waals surface area contributed by atoms with Crippen molar-refractivity contribution in [1.82, 2.24) is 9.80 Å². The van der Waals surface area contributed by atoms with Crippen LogP contribution in [0.4, 0.5) is 5.69 Å². The van der Waals surface area contributed by atoms with Gasteiger partial charge in [0.05, 0.1) is 19.3 Å². The van der Waals surface area contributed by atoms with Crippen molar-refractivity contribution in [2.45, 2.75) is 13.0 Å². The van der Waals surface area contributed by atoms with Crippen LogP contribution in [0.2, 0.25) is 0 Å². The lowest BCUT2D eigenvalue weighted by atomic mass is 10.2. The maximum absolute atomic E-state index is 12.4. The third-order valence-electron chi connectivity index (χ3n) is 4.61. The van der Waals surface area contributed by atoms with Crippen molar-refractivity contribution in [1.29, 1.82) is 0 Å². The van der Waals surface area contributed by atoms with Gasteiger partial charge in [-0.1, -0.05) is 30.3 Å². The van der Waals surface area contributed by atoms with Crippen molar-refractivity contribution >= 4 is 28.9 Å². The molecule has 1 aromatic heterocycles. The third kappa shape index (κ3) is 5.63. The first-order valence-corrected chi connectivity index (χ1v) is 9.98. The Morgan fingerprint density at radius 1 is 1.07 bits per heavy atom. The van der Waals surface area contributed by atoms with Gasteiger partial charge in [-0.2, -0.15) is 0 Å². The van der Waals surface area contributed by atoms with Gasteiger partial charge in [-0.3, -0.25) is 14.6 Å². The second kappa shape index (κ2) is 9.64. The van der Waals surface area contributed by atoms with Crippen LogP contribution in [-0.2, 0) is 16.1 Å². The van der Waals surface area contributed by atoms with E-state index in [1.807, 2.05) is 6.07 Å². The zero-order valence-electron chi connectivity index (χ0n) is 15.5. The fourth-order valence-electron chi connectivity index (χ4n) is 3.23. The second-order valence-corrected chi connectivity index (χ2v) is 7.51. The fraction of sp³-hybridized carbons (Fsp3) is 0.400. The van der Waals surface area contributed by atoms with Gasteiger partial charge >= 0.3 is 5.97 Å². The molecule has 0 radical (unpaired) electrons. The highest BCUT2D eigenvalue weighted by atomic mass is 32.1. The molecule has 0 saturated carbocycles. The summed E-state index contributed by atoms with van der Waals surface area (Å²) in [6, 6.07) is 12.2. The minimum Gasteiger partial charge on any atom is -0.465 e. The highest BCUT2D eigenvalue weighted by Gasteiger charge is 2.19. The monoisotopic (exact) mass is 387 g/mol. The van der Waals surface area contributed by atoms with Crippen LogP contribution in [0.25, 0.3) is 0 Å². The average Bonchev–Trinajstić information content (AvgIpc) is 3.02. The summed E-state index contributed by atoms with van der Waals surface area (Å²) in [6.07, 6.45) is 1.03. The van der Waals surface area contributed by atoms with Crippen LogP contribution in [0.3, 0.4) is 0 Å². The van der Waals surface area contributed by atoms with Crippen LogP contribution in [0.15, 0.2) is 41.8 Å². The number of hydrogen-bond donors (Lipinski definition) is 1. The first-order valence-electron chi connectivity index (χ1n) is 9.10. The Balaban J connectivity index is 1.49. The van der Waals surface area contributed by atoms with Gasteiger partial charge in [0.1, 0.15) is 4.88 Å². The number of benzene rings is 1. The largest absolute Gasteiger partial charge is 0.465 e. The summed E-state index contributed by atoms with van der Waals surface area (Å²) in [5.74, 6) is -0.526. The van der Waals surface area contributed by atoms with Crippen LogP contribution in [-0.4, -0.2) is 61.5 Å². The van der Waals surface area contributed by atoms with Crippen molar-refractivity contribution in [3.05, 3.63) is 52.2 Å².